The Kier molecular flexibility index (Phi) is 3.22. The molecule has 0 spiro atoms. The number of amides is 1. The smallest absolute Gasteiger partial charge is 0.251 e. The van der Waals surface area contributed by atoms with Crippen LogP contribution in [0.1, 0.15) is 35.7 Å². The van der Waals surface area contributed by atoms with Crippen molar-refractivity contribution in [3.05, 3.63) is 35.7 Å². The minimum atomic E-state index is -0.0178. The van der Waals surface area contributed by atoms with E-state index in [2.05, 4.69) is 27.8 Å². The number of carbonyl (C=O) groups is 1. The summed E-state index contributed by atoms with van der Waals surface area (Å²) >= 11 is 0. The molecule has 1 aliphatic carbocycles. The second kappa shape index (κ2) is 5.03. The van der Waals surface area contributed by atoms with Crippen molar-refractivity contribution in [1.82, 2.24) is 25.5 Å². The highest BCUT2D eigenvalue weighted by atomic mass is 16.1. The van der Waals surface area contributed by atoms with Crippen LogP contribution in [0.5, 0.6) is 0 Å². The quantitative estimate of drug-likeness (QED) is 0.914. The summed E-state index contributed by atoms with van der Waals surface area (Å²) < 4.78 is 1.59. The number of aryl methyl sites for hydroxylation is 1. The van der Waals surface area contributed by atoms with E-state index in [1.54, 1.807) is 10.7 Å². The molecule has 0 aliphatic heterocycles. The molecule has 1 saturated carbocycles. The molecule has 6 nitrogen and oxygen atoms in total. The van der Waals surface area contributed by atoms with E-state index >= 15 is 0 Å². The minimum Gasteiger partial charge on any atom is -0.349 e. The first kappa shape index (κ1) is 12.8. The summed E-state index contributed by atoms with van der Waals surface area (Å²) in [6.07, 6.45) is 3.98. The Labute approximate surface area is 117 Å². The van der Waals surface area contributed by atoms with Crippen LogP contribution in [0.15, 0.2) is 24.5 Å². The van der Waals surface area contributed by atoms with E-state index in [1.165, 1.54) is 19.2 Å². The fraction of sp³-hybridized carbons (Fsp3) is 0.429. The van der Waals surface area contributed by atoms with Gasteiger partial charge in [0.05, 0.1) is 5.69 Å². The summed E-state index contributed by atoms with van der Waals surface area (Å²) in [5.41, 5.74) is 2.51. The first-order chi connectivity index (χ1) is 9.65. The second-order valence-corrected chi connectivity index (χ2v) is 5.36. The molecule has 6 heteroatoms. The fourth-order valence-electron chi connectivity index (χ4n) is 2.33. The number of nitrogens with one attached hydrogen (secondary N) is 1. The van der Waals surface area contributed by atoms with E-state index < -0.39 is 0 Å². The van der Waals surface area contributed by atoms with Crippen LogP contribution in [0.3, 0.4) is 0 Å². The number of carbonyl (C=O) groups excluding carboxylic acids is 1. The van der Waals surface area contributed by atoms with Gasteiger partial charge in [-0.1, -0.05) is 0 Å². The normalized spacial score (nSPS) is 15.9. The van der Waals surface area contributed by atoms with Gasteiger partial charge in [-0.25, -0.2) is 4.68 Å². The van der Waals surface area contributed by atoms with Crippen LogP contribution in [0.2, 0.25) is 0 Å². The SMILES string of the molecule is Cc1cc(C(=O)NC(C)C2CC2)ccc1-n1cnnn1. The van der Waals surface area contributed by atoms with Gasteiger partial charge >= 0.3 is 0 Å². The molecular weight excluding hydrogens is 254 g/mol. The summed E-state index contributed by atoms with van der Waals surface area (Å²) in [5, 5.41) is 14.1. The Morgan fingerprint density at radius 1 is 1.45 bits per heavy atom. The molecule has 1 aromatic carbocycles. The van der Waals surface area contributed by atoms with Crippen LogP contribution in [-0.2, 0) is 0 Å². The van der Waals surface area contributed by atoms with Gasteiger partial charge in [-0.05, 0) is 66.8 Å². The Morgan fingerprint density at radius 2 is 2.25 bits per heavy atom. The van der Waals surface area contributed by atoms with Crippen molar-refractivity contribution in [2.24, 2.45) is 5.92 Å². The molecule has 1 amide bonds. The van der Waals surface area contributed by atoms with Gasteiger partial charge in [0.25, 0.3) is 5.91 Å². The van der Waals surface area contributed by atoms with Gasteiger partial charge in [-0.3, -0.25) is 4.79 Å². The lowest BCUT2D eigenvalue weighted by molar-refractivity contribution is 0.0936. The molecule has 1 atom stereocenters. The Balaban J connectivity index is 1.77. The molecule has 3 rings (SSSR count). The molecular formula is C14H17N5O. The molecule has 1 aliphatic rings. The number of tetrazole rings is 1. The molecule has 1 heterocycles. The molecule has 0 saturated heterocycles. The average Bonchev–Trinajstić information content (AvgIpc) is 3.15. The molecule has 0 bridgehead atoms. The zero-order valence-corrected chi connectivity index (χ0v) is 11.6. The highest BCUT2D eigenvalue weighted by Crippen LogP contribution is 2.32. The minimum absolute atomic E-state index is 0.0178. The van der Waals surface area contributed by atoms with Crippen LogP contribution in [0.4, 0.5) is 0 Å². The van der Waals surface area contributed by atoms with Crippen molar-refractivity contribution in [3.63, 3.8) is 0 Å². The summed E-state index contributed by atoms with van der Waals surface area (Å²) in [5.74, 6) is 0.635. The van der Waals surface area contributed by atoms with Crippen molar-refractivity contribution in [3.8, 4) is 5.69 Å². The van der Waals surface area contributed by atoms with Crippen molar-refractivity contribution < 1.29 is 4.79 Å². The van der Waals surface area contributed by atoms with E-state index in [9.17, 15) is 4.79 Å². The maximum absolute atomic E-state index is 12.2. The van der Waals surface area contributed by atoms with Gasteiger partial charge in [0, 0.05) is 11.6 Å². The number of benzene rings is 1. The first-order valence-corrected chi connectivity index (χ1v) is 6.80. The summed E-state index contributed by atoms with van der Waals surface area (Å²) in [6.45, 7) is 4.01. The van der Waals surface area contributed by atoms with E-state index in [-0.39, 0.29) is 11.9 Å². The number of rotatable bonds is 4. The second-order valence-electron chi connectivity index (χ2n) is 5.36. The number of hydrogen-bond acceptors (Lipinski definition) is 4. The standard InChI is InChI=1S/C14H17N5O/c1-9-7-12(14(20)16-10(2)11-3-4-11)5-6-13(9)19-8-15-17-18-19/h5-8,10-11H,3-4H2,1-2H3,(H,16,20). The third-order valence-electron chi connectivity index (χ3n) is 3.74. The van der Waals surface area contributed by atoms with Crippen LogP contribution in [-0.4, -0.2) is 32.2 Å². The summed E-state index contributed by atoms with van der Waals surface area (Å²) in [4.78, 5) is 12.2. The highest BCUT2D eigenvalue weighted by Gasteiger charge is 2.29. The third kappa shape index (κ3) is 2.54. The predicted molar refractivity (Wildman–Crippen MR) is 73.5 cm³/mol. The Bertz CT molecular complexity index is 618. The molecule has 104 valence electrons. The van der Waals surface area contributed by atoms with Crippen LogP contribution in [0, 0.1) is 12.8 Å². The largest absolute Gasteiger partial charge is 0.349 e. The van der Waals surface area contributed by atoms with Crippen molar-refractivity contribution in [2.75, 3.05) is 0 Å². The van der Waals surface area contributed by atoms with Crippen molar-refractivity contribution in [1.29, 1.82) is 0 Å². The van der Waals surface area contributed by atoms with E-state index in [1.807, 2.05) is 19.1 Å². The summed E-state index contributed by atoms with van der Waals surface area (Å²) in [7, 11) is 0. The van der Waals surface area contributed by atoms with Crippen LogP contribution in [0.25, 0.3) is 5.69 Å². The first-order valence-electron chi connectivity index (χ1n) is 6.80. The van der Waals surface area contributed by atoms with Gasteiger partial charge in [-0.2, -0.15) is 0 Å². The Morgan fingerprint density at radius 3 is 2.85 bits per heavy atom. The molecule has 0 radical (unpaired) electrons. The number of nitrogens with zero attached hydrogens (tertiary/aromatic N) is 4. The molecule has 1 unspecified atom stereocenters. The van der Waals surface area contributed by atoms with E-state index in [0.717, 1.165) is 11.3 Å². The maximum Gasteiger partial charge on any atom is 0.251 e. The molecule has 1 fully saturated rings. The number of aromatic nitrogens is 4. The van der Waals surface area contributed by atoms with Crippen LogP contribution < -0.4 is 5.32 Å². The average molecular weight is 271 g/mol. The predicted octanol–water partition coefficient (Wildman–Crippen LogP) is 1.50. The topological polar surface area (TPSA) is 72.7 Å². The van der Waals surface area contributed by atoms with Gasteiger partial charge in [0.15, 0.2) is 0 Å². The molecule has 1 aromatic heterocycles. The third-order valence-corrected chi connectivity index (χ3v) is 3.74. The molecule has 20 heavy (non-hydrogen) atoms. The summed E-state index contributed by atoms with van der Waals surface area (Å²) in [6, 6.07) is 5.79. The lowest BCUT2D eigenvalue weighted by Crippen LogP contribution is -2.34. The monoisotopic (exact) mass is 271 g/mol. The fourth-order valence-corrected chi connectivity index (χ4v) is 2.33. The zero-order chi connectivity index (χ0) is 14.1. The molecule has 1 N–H and O–H groups in total. The van der Waals surface area contributed by atoms with Gasteiger partial charge < -0.3 is 5.32 Å². The van der Waals surface area contributed by atoms with E-state index in [0.29, 0.717) is 11.5 Å². The van der Waals surface area contributed by atoms with Crippen molar-refractivity contribution >= 4 is 5.91 Å². The van der Waals surface area contributed by atoms with Gasteiger partial charge in [-0.15, -0.1) is 5.10 Å². The van der Waals surface area contributed by atoms with Crippen molar-refractivity contribution in [2.45, 2.75) is 32.7 Å². The zero-order valence-electron chi connectivity index (χ0n) is 11.6. The van der Waals surface area contributed by atoms with Crippen LogP contribution >= 0.6 is 0 Å². The lowest BCUT2D eigenvalue weighted by Gasteiger charge is -2.13. The van der Waals surface area contributed by atoms with Gasteiger partial charge in [0.1, 0.15) is 6.33 Å². The molecule has 2 aromatic rings. The highest BCUT2D eigenvalue weighted by molar-refractivity contribution is 5.94. The van der Waals surface area contributed by atoms with E-state index in [4.69, 9.17) is 0 Å². The maximum atomic E-state index is 12.2. The van der Waals surface area contributed by atoms with Gasteiger partial charge in [0.2, 0.25) is 0 Å². The number of hydrogen-bond donors (Lipinski definition) is 1. The Hall–Kier alpha value is -2.24. The lowest BCUT2D eigenvalue weighted by atomic mass is 10.1.